The van der Waals surface area contributed by atoms with E-state index >= 15 is 0 Å². The van der Waals surface area contributed by atoms with Gasteiger partial charge in [0.15, 0.2) is 0 Å². The van der Waals surface area contributed by atoms with Crippen LogP contribution in [0.15, 0.2) is 0 Å². The lowest BCUT2D eigenvalue weighted by molar-refractivity contribution is -0.0623. The molecular formula is C12H25N3O2. The number of hydrogen-bond donors (Lipinski definition) is 1. The molecule has 0 amide bonds. The minimum absolute atomic E-state index is 0.261. The van der Waals surface area contributed by atoms with Crippen LogP contribution in [0.5, 0.6) is 0 Å². The first kappa shape index (κ1) is 13.2. The second kappa shape index (κ2) is 7.28. The van der Waals surface area contributed by atoms with Gasteiger partial charge in [-0.25, -0.2) is 0 Å². The summed E-state index contributed by atoms with van der Waals surface area (Å²) in [4.78, 5) is 5.03. The van der Waals surface area contributed by atoms with Gasteiger partial charge in [0.25, 0.3) is 0 Å². The average Bonchev–Trinajstić information content (AvgIpc) is 2.39. The predicted octanol–water partition coefficient (Wildman–Crippen LogP) is -0.761. The molecule has 100 valence electrons. The van der Waals surface area contributed by atoms with E-state index in [2.05, 4.69) is 15.1 Å². The second-order valence-corrected chi connectivity index (χ2v) is 4.84. The Bertz CT molecular complexity index is 208. The maximum atomic E-state index is 5.65. The molecule has 0 aliphatic carbocycles. The molecule has 2 saturated heterocycles. The normalized spacial score (nSPS) is 28.4. The Kier molecular flexibility index (Phi) is 5.67. The largest absolute Gasteiger partial charge is 0.382 e. The molecule has 0 aromatic rings. The molecule has 1 atom stereocenters. The van der Waals surface area contributed by atoms with Gasteiger partial charge in [0, 0.05) is 59.5 Å². The first-order valence-electron chi connectivity index (χ1n) is 6.64. The molecule has 0 bridgehead atoms. The van der Waals surface area contributed by atoms with Gasteiger partial charge in [-0.3, -0.25) is 9.80 Å². The van der Waals surface area contributed by atoms with Crippen LogP contribution in [0.4, 0.5) is 0 Å². The summed E-state index contributed by atoms with van der Waals surface area (Å²) in [5, 5.41) is 3.38. The van der Waals surface area contributed by atoms with Crippen molar-refractivity contribution in [2.45, 2.75) is 6.10 Å². The van der Waals surface area contributed by atoms with Crippen molar-refractivity contribution in [3.63, 3.8) is 0 Å². The van der Waals surface area contributed by atoms with Crippen LogP contribution in [0.2, 0.25) is 0 Å². The highest BCUT2D eigenvalue weighted by molar-refractivity contribution is 4.74. The van der Waals surface area contributed by atoms with E-state index in [-0.39, 0.29) is 6.10 Å². The third-order valence-electron chi connectivity index (χ3n) is 3.52. The number of rotatable bonds is 5. The zero-order valence-electron chi connectivity index (χ0n) is 10.9. The number of piperazine rings is 1. The molecule has 5 nitrogen and oxygen atoms in total. The van der Waals surface area contributed by atoms with Gasteiger partial charge in [0.05, 0.1) is 19.3 Å². The van der Waals surface area contributed by atoms with E-state index in [1.54, 1.807) is 7.11 Å². The van der Waals surface area contributed by atoms with Crippen LogP contribution < -0.4 is 5.32 Å². The summed E-state index contributed by atoms with van der Waals surface area (Å²) in [6.07, 6.45) is 0.261. The third kappa shape index (κ3) is 4.52. The molecule has 5 heteroatoms. The predicted molar refractivity (Wildman–Crippen MR) is 67.4 cm³/mol. The molecule has 1 N–H and O–H groups in total. The summed E-state index contributed by atoms with van der Waals surface area (Å²) >= 11 is 0. The quantitative estimate of drug-likeness (QED) is 0.687. The van der Waals surface area contributed by atoms with Crippen LogP contribution in [-0.2, 0) is 9.47 Å². The van der Waals surface area contributed by atoms with Crippen molar-refractivity contribution in [1.29, 1.82) is 0 Å². The highest BCUT2D eigenvalue weighted by atomic mass is 16.5. The lowest BCUT2D eigenvalue weighted by atomic mass is 10.2. The number of ether oxygens (including phenoxy) is 2. The Morgan fingerprint density at radius 1 is 1.18 bits per heavy atom. The van der Waals surface area contributed by atoms with E-state index in [9.17, 15) is 0 Å². The lowest BCUT2D eigenvalue weighted by Gasteiger charge is -2.35. The highest BCUT2D eigenvalue weighted by Crippen LogP contribution is 2.05. The van der Waals surface area contributed by atoms with Crippen molar-refractivity contribution in [3.05, 3.63) is 0 Å². The van der Waals surface area contributed by atoms with Crippen molar-refractivity contribution < 1.29 is 9.47 Å². The van der Waals surface area contributed by atoms with Gasteiger partial charge < -0.3 is 14.8 Å². The van der Waals surface area contributed by atoms with Gasteiger partial charge in [-0.2, -0.15) is 0 Å². The summed E-state index contributed by atoms with van der Waals surface area (Å²) in [5.74, 6) is 0. The lowest BCUT2D eigenvalue weighted by Crippen LogP contribution is -2.49. The Morgan fingerprint density at radius 3 is 2.71 bits per heavy atom. The summed E-state index contributed by atoms with van der Waals surface area (Å²) in [7, 11) is 1.74. The molecule has 2 heterocycles. The van der Waals surface area contributed by atoms with E-state index in [1.807, 2.05) is 0 Å². The molecule has 17 heavy (non-hydrogen) atoms. The van der Waals surface area contributed by atoms with Crippen molar-refractivity contribution in [3.8, 4) is 0 Å². The van der Waals surface area contributed by atoms with Gasteiger partial charge in [-0.05, 0) is 0 Å². The summed E-state index contributed by atoms with van der Waals surface area (Å²) in [6.45, 7) is 10.6. The molecule has 0 aromatic heterocycles. The molecule has 2 rings (SSSR count). The van der Waals surface area contributed by atoms with E-state index in [0.29, 0.717) is 6.61 Å². The Labute approximate surface area is 104 Å². The second-order valence-electron chi connectivity index (χ2n) is 4.84. The maximum absolute atomic E-state index is 5.65. The van der Waals surface area contributed by atoms with Crippen molar-refractivity contribution in [2.75, 3.05) is 72.7 Å². The fourth-order valence-electron chi connectivity index (χ4n) is 2.49. The van der Waals surface area contributed by atoms with Crippen molar-refractivity contribution >= 4 is 0 Å². The maximum Gasteiger partial charge on any atom is 0.0935 e. The fraction of sp³-hybridized carbons (Fsp3) is 1.00. The van der Waals surface area contributed by atoms with Crippen LogP contribution in [0.25, 0.3) is 0 Å². The molecule has 0 spiro atoms. The molecule has 0 unspecified atom stereocenters. The number of morpholine rings is 1. The molecular weight excluding hydrogens is 218 g/mol. The molecule has 0 aromatic carbocycles. The van der Waals surface area contributed by atoms with Gasteiger partial charge in [-0.1, -0.05) is 0 Å². The first-order valence-corrected chi connectivity index (χ1v) is 6.64. The van der Waals surface area contributed by atoms with E-state index in [0.717, 1.165) is 39.3 Å². The molecule has 0 saturated carbocycles. The topological polar surface area (TPSA) is 37.0 Å². The van der Waals surface area contributed by atoms with Crippen LogP contribution >= 0.6 is 0 Å². The zero-order valence-corrected chi connectivity index (χ0v) is 10.9. The monoisotopic (exact) mass is 243 g/mol. The molecule has 2 aliphatic rings. The van der Waals surface area contributed by atoms with Crippen LogP contribution in [0.1, 0.15) is 0 Å². The van der Waals surface area contributed by atoms with Crippen LogP contribution in [0, 0.1) is 0 Å². The smallest absolute Gasteiger partial charge is 0.0935 e. The standard InChI is InChI=1S/C12H25N3O2/c1-16-11-12-10-15(8-9-17-12)7-6-14-4-2-13-3-5-14/h12-13H,2-11H2,1H3/t12-/m0/s1. The average molecular weight is 243 g/mol. The minimum atomic E-state index is 0.261. The Balaban J connectivity index is 1.64. The number of nitrogens with zero attached hydrogens (tertiary/aromatic N) is 2. The number of nitrogens with one attached hydrogen (secondary N) is 1. The highest BCUT2D eigenvalue weighted by Gasteiger charge is 2.20. The van der Waals surface area contributed by atoms with Gasteiger partial charge in [-0.15, -0.1) is 0 Å². The van der Waals surface area contributed by atoms with E-state index in [1.165, 1.54) is 19.6 Å². The van der Waals surface area contributed by atoms with Gasteiger partial charge in [0.2, 0.25) is 0 Å². The number of hydrogen-bond acceptors (Lipinski definition) is 5. The Hall–Kier alpha value is -0.200. The van der Waals surface area contributed by atoms with Gasteiger partial charge in [0.1, 0.15) is 0 Å². The van der Waals surface area contributed by atoms with Gasteiger partial charge >= 0.3 is 0 Å². The Morgan fingerprint density at radius 2 is 1.94 bits per heavy atom. The number of methoxy groups -OCH3 is 1. The van der Waals surface area contributed by atoms with Crippen molar-refractivity contribution in [2.24, 2.45) is 0 Å². The summed E-state index contributed by atoms with van der Waals surface area (Å²) < 4.78 is 10.8. The zero-order chi connectivity index (χ0) is 11.9. The molecule has 2 aliphatic heterocycles. The minimum Gasteiger partial charge on any atom is -0.382 e. The van der Waals surface area contributed by atoms with Crippen LogP contribution in [0.3, 0.4) is 0 Å². The molecule has 0 radical (unpaired) electrons. The summed E-state index contributed by atoms with van der Waals surface area (Å²) in [6, 6.07) is 0. The third-order valence-corrected chi connectivity index (χ3v) is 3.52. The first-order chi connectivity index (χ1) is 8.38. The fourth-order valence-corrected chi connectivity index (χ4v) is 2.49. The van der Waals surface area contributed by atoms with Crippen molar-refractivity contribution in [1.82, 2.24) is 15.1 Å². The van der Waals surface area contributed by atoms with Crippen LogP contribution in [-0.4, -0.2) is 88.6 Å². The SMILES string of the molecule is COC[C@@H]1CN(CCN2CCNCC2)CCO1. The molecule has 2 fully saturated rings. The van der Waals surface area contributed by atoms with E-state index < -0.39 is 0 Å². The van der Waals surface area contributed by atoms with E-state index in [4.69, 9.17) is 9.47 Å². The summed E-state index contributed by atoms with van der Waals surface area (Å²) in [5.41, 5.74) is 0.